The number of benzene rings is 1. The van der Waals surface area contributed by atoms with E-state index in [0.29, 0.717) is 34.4 Å². The summed E-state index contributed by atoms with van der Waals surface area (Å²) >= 11 is 0. The summed E-state index contributed by atoms with van der Waals surface area (Å²) in [4.78, 5) is 8.30. The van der Waals surface area contributed by atoms with E-state index < -0.39 is 0 Å². The molecule has 0 unspecified atom stereocenters. The predicted molar refractivity (Wildman–Crippen MR) is 71.9 cm³/mol. The van der Waals surface area contributed by atoms with E-state index in [1.54, 1.807) is 26.0 Å². The van der Waals surface area contributed by atoms with Crippen LogP contribution < -0.4 is 10.5 Å². The standard InChI is InChI=1S/C14H14N4O/c1-8-4-5-11(7-15)6-12(8)19-14-9(2)13(16)17-10(3)18-14/h4-6H,1-3H3,(H2,16,17,18). The van der Waals surface area contributed by atoms with Gasteiger partial charge in [-0.05, 0) is 38.5 Å². The number of nitrogens with zero attached hydrogens (tertiary/aromatic N) is 3. The molecule has 0 amide bonds. The summed E-state index contributed by atoms with van der Waals surface area (Å²) in [6.45, 7) is 5.46. The van der Waals surface area contributed by atoms with Crippen LogP contribution in [-0.4, -0.2) is 9.97 Å². The highest BCUT2D eigenvalue weighted by Gasteiger charge is 2.11. The lowest BCUT2D eigenvalue weighted by atomic mass is 10.1. The largest absolute Gasteiger partial charge is 0.438 e. The quantitative estimate of drug-likeness (QED) is 0.890. The summed E-state index contributed by atoms with van der Waals surface area (Å²) in [5.74, 6) is 1.96. The van der Waals surface area contributed by atoms with Crippen molar-refractivity contribution in [1.29, 1.82) is 5.26 Å². The van der Waals surface area contributed by atoms with Crippen LogP contribution in [0, 0.1) is 32.1 Å². The third-order valence-corrected chi connectivity index (χ3v) is 2.77. The molecule has 2 N–H and O–H groups in total. The average molecular weight is 254 g/mol. The van der Waals surface area contributed by atoms with Crippen molar-refractivity contribution in [2.24, 2.45) is 0 Å². The van der Waals surface area contributed by atoms with Gasteiger partial charge in [-0.25, -0.2) is 4.98 Å². The molecule has 0 bridgehead atoms. The number of rotatable bonds is 2. The van der Waals surface area contributed by atoms with Gasteiger partial charge in [0.2, 0.25) is 5.88 Å². The Balaban J connectivity index is 2.44. The maximum absolute atomic E-state index is 8.91. The lowest BCUT2D eigenvalue weighted by Gasteiger charge is -2.11. The van der Waals surface area contributed by atoms with Crippen molar-refractivity contribution in [2.75, 3.05) is 5.73 Å². The zero-order valence-electron chi connectivity index (χ0n) is 11.1. The van der Waals surface area contributed by atoms with E-state index in [0.717, 1.165) is 5.56 Å². The third-order valence-electron chi connectivity index (χ3n) is 2.77. The number of nitriles is 1. The van der Waals surface area contributed by atoms with Gasteiger partial charge in [0, 0.05) is 0 Å². The van der Waals surface area contributed by atoms with Crippen LogP contribution >= 0.6 is 0 Å². The number of aryl methyl sites for hydroxylation is 2. The lowest BCUT2D eigenvalue weighted by molar-refractivity contribution is 0.453. The van der Waals surface area contributed by atoms with Crippen LogP contribution in [0.3, 0.4) is 0 Å². The second kappa shape index (κ2) is 4.94. The van der Waals surface area contributed by atoms with Gasteiger partial charge in [0.1, 0.15) is 17.4 Å². The molecule has 19 heavy (non-hydrogen) atoms. The highest BCUT2D eigenvalue weighted by Crippen LogP contribution is 2.28. The molecule has 5 nitrogen and oxygen atoms in total. The maximum atomic E-state index is 8.91. The molecule has 1 aromatic heterocycles. The van der Waals surface area contributed by atoms with Crippen molar-refractivity contribution < 1.29 is 4.74 Å². The fourth-order valence-corrected chi connectivity index (χ4v) is 1.61. The third kappa shape index (κ3) is 2.63. The van der Waals surface area contributed by atoms with Gasteiger partial charge in [-0.3, -0.25) is 0 Å². The Morgan fingerprint density at radius 3 is 2.63 bits per heavy atom. The molecule has 0 aliphatic heterocycles. The first-order valence-corrected chi connectivity index (χ1v) is 5.80. The molecule has 5 heteroatoms. The fourth-order valence-electron chi connectivity index (χ4n) is 1.61. The van der Waals surface area contributed by atoms with Crippen molar-refractivity contribution in [2.45, 2.75) is 20.8 Å². The minimum absolute atomic E-state index is 0.400. The molecule has 1 heterocycles. The number of hydrogen-bond donors (Lipinski definition) is 1. The Labute approximate surface area is 111 Å². The normalized spacial score (nSPS) is 10.0. The Kier molecular flexibility index (Phi) is 3.34. The zero-order valence-corrected chi connectivity index (χ0v) is 11.1. The van der Waals surface area contributed by atoms with E-state index in [-0.39, 0.29) is 0 Å². The van der Waals surface area contributed by atoms with E-state index in [9.17, 15) is 0 Å². The van der Waals surface area contributed by atoms with Crippen LogP contribution in [0.1, 0.15) is 22.5 Å². The van der Waals surface area contributed by atoms with Gasteiger partial charge >= 0.3 is 0 Å². The second-order valence-corrected chi connectivity index (χ2v) is 4.28. The Morgan fingerprint density at radius 1 is 1.21 bits per heavy atom. The van der Waals surface area contributed by atoms with E-state index in [1.165, 1.54) is 0 Å². The molecular weight excluding hydrogens is 240 g/mol. The Hall–Kier alpha value is -2.61. The van der Waals surface area contributed by atoms with Gasteiger partial charge in [0.05, 0.1) is 17.2 Å². The molecule has 2 rings (SSSR count). The fraction of sp³-hybridized carbons (Fsp3) is 0.214. The van der Waals surface area contributed by atoms with Crippen molar-refractivity contribution in [3.63, 3.8) is 0 Å². The molecule has 0 saturated heterocycles. The van der Waals surface area contributed by atoms with Gasteiger partial charge in [-0.1, -0.05) is 6.07 Å². The number of nitrogen functional groups attached to an aromatic ring is 1. The van der Waals surface area contributed by atoms with E-state index >= 15 is 0 Å². The van der Waals surface area contributed by atoms with Crippen LogP contribution in [0.4, 0.5) is 5.82 Å². The van der Waals surface area contributed by atoms with Crippen molar-refractivity contribution in [3.05, 3.63) is 40.7 Å². The van der Waals surface area contributed by atoms with Crippen LogP contribution in [-0.2, 0) is 0 Å². The summed E-state index contributed by atoms with van der Waals surface area (Å²) in [5, 5.41) is 8.91. The van der Waals surface area contributed by atoms with Crippen LogP contribution in [0.15, 0.2) is 18.2 Å². The minimum Gasteiger partial charge on any atom is -0.438 e. The molecule has 0 atom stereocenters. The van der Waals surface area contributed by atoms with Crippen molar-refractivity contribution >= 4 is 5.82 Å². The molecular formula is C14H14N4O. The highest BCUT2D eigenvalue weighted by atomic mass is 16.5. The number of hydrogen-bond acceptors (Lipinski definition) is 5. The van der Waals surface area contributed by atoms with Gasteiger partial charge in [0.15, 0.2) is 0 Å². The monoisotopic (exact) mass is 254 g/mol. The summed E-state index contributed by atoms with van der Waals surface area (Å²) in [7, 11) is 0. The number of ether oxygens (including phenoxy) is 1. The lowest BCUT2D eigenvalue weighted by Crippen LogP contribution is -2.02. The number of aromatic nitrogens is 2. The first kappa shape index (κ1) is 12.8. The van der Waals surface area contributed by atoms with Crippen LogP contribution in [0.25, 0.3) is 0 Å². The molecule has 0 spiro atoms. The SMILES string of the molecule is Cc1nc(N)c(C)c(Oc2cc(C#N)ccc2C)n1. The maximum Gasteiger partial charge on any atom is 0.227 e. The zero-order chi connectivity index (χ0) is 14.0. The van der Waals surface area contributed by atoms with Crippen LogP contribution in [0.5, 0.6) is 11.6 Å². The van der Waals surface area contributed by atoms with Gasteiger partial charge in [-0.15, -0.1) is 0 Å². The summed E-state index contributed by atoms with van der Waals surface area (Å²) in [6.07, 6.45) is 0. The summed E-state index contributed by atoms with van der Waals surface area (Å²) in [5.41, 5.74) is 7.94. The number of anilines is 1. The molecule has 1 aromatic carbocycles. The van der Waals surface area contributed by atoms with E-state index in [1.807, 2.05) is 13.0 Å². The average Bonchev–Trinajstić information content (AvgIpc) is 2.38. The van der Waals surface area contributed by atoms with Crippen molar-refractivity contribution in [3.8, 4) is 17.7 Å². The first-order chi connectivity index (χ1) is 9.01. The second-order valence-electron chi connectivity index (χ2n) is 4.28. The topological polar surface area (TPSA) is 84.8 Å². The minimum atomic E-state index is 0.400. The van der Waals surface area contributed by atoms with Gasteiger partial charge < -0.3 is 10.5 Å². The van der Waals surface area contributed by atoms with E-state index in [2.05, 4.69) is 16.0 Å². The molecule has 96 valence electrons. The summed E-state index contributed by atoms with van der Waals surface area (Å²) < 4.78 is 5.76. The molecule has 2 aromatic rings. The first-order valence-electron chi connectivity index (χ1n) is 5.80. The molecule has 0 aliphatic rings. The smallest absolute Gasteiger partial charge is 0.227 e. The van der Waals surface area contributed by atoms with Gasteiger partial charge in [-0.2, -0.15) is 10.2 Å². The van der Waals surface area contributed by atoms with Crippen LogP contribution in [0.2, 0.25) is 0 Å². The molecule has 0 saturated carbocycles. The number of nitrogens with two attached hydrogens (primary N) is 1. The molecule has 0 aliphatic carbocycles. The molecule has 0 radical (unpaired) electrons. The van der Waals surface area contributed by atoms with E-state index in [4.69, 9.17) is 15.7 Å². The molecule has 0 fully saturated rings. The van der Waals surface area contributed by atoms with Gasteiger partial charge in [0.25, 0.3) is 0 Å². The Morgan fingerprint density at radius 2 is 1.95 bits per heavy atom. The Bertz CT molecular complexity index is 674. The highest BCUT2D eigenvalue weighted by molar-refractivity contribution is 5.48. The predicted octanol–water partition coefficient (Wildman–Crippen LogP) is 2.65. The van der Waals surface area contributed by atoms with Crippen molar-refractivity contribution in [1.82, 2.24) is 9.97 Å². The summed E-state index contributed by atoms with van der Waals surface area (Å²) in [6, 6.07) is 7.34.